The molecule has 17 heavy (non-hydrogen) atoms. The standard InChI is InChI=1S/C14H20NO2/c1-4-14(16)17-12-15(3,5-2)11-13-9-7-6-8-10-13/h4,6-10H,1,5,11-12H2,2-3H3/q+1. The highest BCUT2D eigenvalue weighted by atomic mass is 16.5. The third-order valence-electron chi connectivity index (χ3n) is 2.86. The minimum Gasteiger partial charge on any atom is -0.412 e. The van der Waals surface area contributed by atoms with E-state index in [1.165, 1.54) is 11.6 Å². The van der Waals surface area contributed by atoms with Crippen molar-refractivity contribution in [2.24, 2.45) is 0 Å². The van der Waals surface area contributed by atoms with Gasteiger partial charge in [-0.1, -0.05) is 36.9 Å². The summed E-state index contributed by atoms with van der Waals surface area (Å²) in [6, 6.07) is 10.2. The number of benzene rings is 1. The first-order valence-electron chi connectivity index (χ1n) is 5.76. The topological polar surface area (TPSA) is 26.3 Å². The number of ether oxygens (including phenoxy) is 1. The van der Waals surface area contributed by atoms with Gasteiger partial charge in [-0.3, -0.25) is 4.48 Å². The van der Waals surface area contributed by atoms with Gasteiger partial charge in [0.2, 0.25) is 6.73 Å². The van der Waals surface area contributed by atoms with E-state index in [0.29, 0.717) is 11.2 Å². The van der Waals surface area contributed by atoms with Gasteiger partial charge in [0.15, 0.2) is 0 Å². The van der Waals surface area contributed by atoms with Crippen LogP contribution in [0.25, 0.3) is 0 Å². The lowest BCUT2D eigenvalue weighted by Crippen LogP contribution is -2.45. The van der Waals surface area contributed by atoms with E-state index in [9.17, 15) is 4.79 Å². The van der Waals surface area contributed by atoms with Crippen LogP contribution in [-0.2, 0) is 16.1 Å². The lowest BCUT2D eigenvalue weighted by molar-refractivity contribution is -0.936. The van der Waals surface area contributed by atoms with Crippen LogP contribution < -0.4 is 0 Å². The molecule has 0 fully saturated rings. The van der Waals surface area contributed by atoms with Crippen LogP contribution in [0.5, 0.6) is 0 Å². The molecule has 1 rings (SSSR count). The predicted octanol–water partition coefficient (Wildman–Crippen LogP) is 2.34. The number of rotatable bonds is 6. The fourth-order valence-corrected chi connectivity index (χ4v) is 1.55. The van der Waals surface area contributed by atoms with E-state index in [4.69, 9.17) is 4.74 Å². The quantitative estimate of drug-likeness (QED) is 0.327. The molecule has 0 N–H and O–H groups in total. The van der Waals surface area contributed by atoms with Crippen LogP contribution in [-0.4, -0.2) is 30.8 Å². The van der Waals surface area contributed by atoms with Gasteiger partial charge in [0.05, 0.1) is 13.6 Å². The van der Waals surface area contributed by atoms with Gasteiger partial charge in [0, 0.05) is 11.6 Å². The van der Waals surface area contributed by atoms with Gasteiger partial charge in [0.1, 0.15) is 6.54 Å². The number of hydrogen-bond acceptors (Lipinski definition) is 2. The molecule has 92 valence electrons. The average Bonchev–Trinajstić information content (AvgIpc) is 2.37. The second kappa shape index (κ2) is 6.21. The first kappa shape index (κ1) is 13.5. The summed E-state index contributed by atoms with van der Waals surface area (Å²) in [6.07, 6.45) is 1.20. The third kappa shape index (κ3) is 4.41. The van der Waals surface area contributed by atoms with E-state index in [1.807, 2.05) is 18.2 Å². The van der Waals surface area contributed by atoms with Crippen LogP contribution in [0, 0.1) is 0 Å². The van der Waals surface area contributed by atoms with Crippen molar-refractivity contribution in [3.63, 3.8) is 0 Å². The summed E-state index contributed by atoms with van der Waals surface area (Å²) in [6.45, 7) is 7.60. The highest BCUT2D eigenvalue weighted by molar-refractivity contribution is 5.81. The summed E-state index contributed by atoms with van der Waals surface area (Å²) >= 11 is 0. The van der Waals surface area contributed by atoms with Crippen LogP contribution >= 0.6 is 0 Å². The van der Waals surface area contributed by atoms with E-state index < -0.39 is 0 Å². The molecule has 1 atom stereocenters. The van der Waals surface area contributed by atoms with Crippen molar-refractivity contribution in [1.82, 2.24) is 0 Å². The van der Waals surface area contributed by atoms with Crippen LogP contribution in [0.2, 0.25) is 0 Å². The van der Waals surface area contributed by atoms with Gasteiger partial charge in [-0.15, -0.1) is 0 Å². The van der Waals surface area contributed by atoms with Gasteiger partial charge in [-0.25, -0.2) is 4.79 Å². The Labute approximate surface area is 103 Å². The Bertz CT molecular complexity index is 375. The molecule has 0 aliphatic carbocycles. The van der Waals surface area contributed by atoms with Gasteiger partial charge >= 0.3 is 5.97 Å². The number of esters is 1. The Morgan fingerprint density at radius 1 is 1.41 bits per heavy atom. The molecule has 0 spiro atoms. The van der Waals surface area contributed by atoms with Gasteiger partial charge in [-0.05, 0) is 6.92 Å². The molecule has 0 radical (unpaired) electrons. The molecule has 0 saturated carbocycles. The normalized spacial score (nSPS) is 13.8. The van der Waals surface area contributed by atoms with E-state index in [-0.39, 0.29) is 5.97 Å². The fourth-order valence-electron chi connectivity index (χ4n) is 1.55. The van der Waals surface area contributed by atoms with Crippen molar-refractivity contribution in [2.45, 2.75) is 13.5 Å². The van der Waals surface area contributed by atoms with E-state index in [0.717, 1.165) is 13.1 Å². The molecule has 0 aromatic heterocycles. The summed E-state index contributed by atoms with van der Waals surface area (Å²) in [5, 5.41) is 0. The molecule has 0 saturated heterocycles. The summed E-state index contributed by atoms with van der Waals surface area (Å²) in [5.74, 6) is -0.365. The zero-order chi connectivity index (χ0) is 12.7. The lowest BCUT2D eigenvalue weighted by Gasteiger charge is -2.32. The molecule has 3 nitrogen and oxygen atoms in total. The lowest BCUT2D eigenvalue weighted by atomic mass is 10.2. The van der Waals surface area contributed by atoms with Crippen molar-refractivity contribution in [2.75, 3.05) is 20.3 Å². The maximum absolute atomic E-state index is 11.1. The number of nitrogens with zero attached hydrogens (tertiary/aromatic N) is 1. The molecule has 0 heterocycles. The van der Waals surface area contributed by atoms with E-state index >= 15 is 0 Å². The molecule has 0 bridgehead atoms. The smallest absolute Gasteiger partial charge is 0.334 e. The van der Waals surface area contributed by atoms with Crippen LogP contribution in [0.4, 0.5) is 0 Å². The van der Waals surface area contributed by atoms with Gasteiger partial charge < -0.3 is 4.74 Å². The summed E-state index contributed by atoms with van der Waals surface area (Å²) in [5.41, 5.74) is 1.24. The molecule has 0 aliphatic heterocycles. The Kier molecular flexibility index (Phi) is 4.91. The Balaban J connectivity index is 2.62. The average molecular weight is 234 g/mol. The first-order chi connectivity index (χ1) is 8.09. The molecule has 0 amide bonds. The largest absolute Gasteiger partial charge is 0.412 e. The van der Waals surface area contributed by atoms with Gasteiger partial charge in [-0.2, -0.15) is 0 Å². The molecular formula is C14H20NO2+. The number of carbonyl (C=O) groups excluding carboxylic acids is 1. The second-order valence-corrected chi connectivity index (χ2v) is 4.38. The summed E-state index contributed by atoms with van der Waals surface area (Å²) in [7, 11) is 2.07. The number of quaternary nitrogens is 1. The minimum absolute atomic E-state index is 0.365. The van der Waals surface area contributed by atoms with Crippen molar-refractivity contribution >= 4 is 5.97 Å². The summed E-state index contributed by atoms with van der Waals surface area (Å²) < 4.78 is 5.80. The van der Waals surface area contributed by atoms with Gasteiger partial charge in [0.25, 0.3) is 0 Å². The maximum atomic E-state index is 11.1. The third-order valence-corrected chi connectivity index (χ3v) is 2.86. The highest BCUT2D eigenvalue weighted by Crippen LogP contribution is 2.11. The minimum atomic E-state index is -0.365. The van der Waals surface area contributed by atoms with E-state index in [2.05, 4.69) is 32.7 Å². The maximum Gasteiger partial charge on any atom is 0.334 e. The zero-order valence-electron chi connectivity index (χ0n) is 10.6. The SMILES string of the molecule is C=CC(=O)OC[N+](C)(CC)Cc1ccccc1. The van der Waals surface area contributed by atoms with Crippen LogP contribution in [0.15, 0.2) is 43.0 Å². The monoisotopic (exact) mass is 234 g/mol. The fraction of sp³-hybridized carbons (Fsp3) is 0.357. The first-order valence-corrected chi connectivity index (χ1v) is 5.76. The summed E-state index contributed by atoms with van der Waals surface area (Å²) in [4.78, 5) is 11.1. The second-order valence-electron chi connectivity index (χ2n) is 4.38. The predicted molar refractivity (Wildman–Crippen MR) is 68.0 cm³/mol. The Hall–Kier alpha value is -1.61. The Morgan fingerprint density at radius 2 is 2.06 bits per heavy atom. The molecule has 1 unspecified atom stereocenters. The molecular weight excluding hydrogens is 214 g/mol. The molecule has 0 aliphatic rings. The van der Waals surface area contributed by atoms with E-state index in [1.54, 1.807) is 0 Å². The zero-order valence-corrected chi connectivity index (χ0v) is 10.6. The molecule has 1 aromatic carbocycles. The highest BCUT2D eigenvalue weighted by Gasteiger charge is 2.21. The van der Waals surface area contributed by atoms with Crippen molar-refractivity contribution < 1.29 is 14.0 Å². The molecule has 3 heteroatoms. The number of hydrogen-bond donors (Lipinski definition) is 0. The van der Waals surface area contributed by atoms with Crippen LogP contribution in [0.3, 0.4) is 0 Å². The Morgan fingerprint density at radius 3 is 2.59 bits per heavy atom. The number of carbonyl (C=O) groups is 1. The van der Waals surface area contributed by atoms with Crippen LogP contribution in [0.1, 0.15) is 12.5 Å². The van der Waals surface area contributed by atoms with Crippen molar-refractivity contribution in [3.05, 3.63) is 48.6 Å². The van der Waals surface area contributed by atoms with Crippen molar-refractivity contribution in [1.29, 1.82) is 0 Å². The molecule has 1 aromatic rings. The van der Waals surface area contributed by atoms with Crippen molar-refractivity contribution in [3.8, 4) is 0 Å².